The van der Waals surface area contributed by atoms with Crippen LogP contribution in [0.4, 0.5) is 4.39 Å². The Kier molecular flexibility index (Phi) is 9.90. The first-order valence-electron chi connectivity index (χ1n) is 14.4. The lowest BCUT2D eigenvalue weighted by Gasteiger charge is -2.43. The number of nitrogens with zero attached hydrogens (tertiary/aromatic N) is 1. The van der Waals surface area contributed by atoms with E-state index < -0.39 is 6.17 Å². The Balaban J connectivity index is 1.39. The van der Waals surface area contributed by atoms with Crippen LogP contribution in [0, 0.1) is 35.5 Å². The summed E-state index contributed by atoms with van der Waals surface area (Å²) in [6, 6.07) is 0.0861. The van der Waals surface area contributed by atoms with Gasteiger partial charge in [0.15, 0.2) is 5.96 Å². The second-order valence-corrected chi connectivity index (χ2v) is 12.1. The van der Waals surface area contributed by atoms with Crippen LogP contribution in [0.1, 0.15) is 71.6 Å². The smallest absolute Gasteiger partial charge is 0.223 e. The van der Waals surface area contributed by atoms with E-state index in [0.29, 0.717) is 42.4 Å². The van der Waals surface area contributed by atoms with Crippen molar-refractivity contribution in [2.24, 2.45) is 40.5 Å². The highest BCUT2D eigenvalue weighted by Gasteiger charge is 2.41. The van der Waals surface area contributed by atoms with E-state index in [1.54, 1.807) is 14.2 Å². The molecule has 1 amide bonds. The van der Waals surface area contributed by atoms with E-state index in [4.69, 9.17) is 9.47 Å². The second kappa shape index (κ2) is 12.9. The van der Waals surface area contributed by atoms with Gasteiger partial charge in [-0.15, -0.1) is 0 Å². The molecule has 0 radical (unpaired) electrons. The van der Waals surface area contributed by atoms with Gasteiger partial charge in [-0.1, -0.05) is 6.92 Å². The average Bonchev–Trinajstić information content (AvgIpc) is 3.40. The van der Waals surface area contributed by atoms with Crippen LogP contribution in [0.15, 0.2) is 4.99 Å². The van der Waals surface area contributed by atoms with Crippen molar-refractivity contribution in [2.45, 2.75) is 96.1 Å². The molecule has 9 unspecified atom stereocenters. The summed E-state index contributed by atoms with van der Waals surface area (Å²) in [4.78, 5) is 18.1. The number of ether oxygens (including phenoxy) is 2. The van der Waals surface area contributed by atoms with Crippen molar-refractivity contribution >= 4 is 11.9 Å². The number of aliphatic imine (C=N–C) groups is 1. The predicted octanol–water partition coefficient (Wildman–Crippen LogP) is 3.68. The van der Waals surface area contributed by atoms with Crippen molar-refractivity contribution < 1.29 is 18.7 Å². The van der Waals surface area contributed by atoms with Gasteiger partial charge in [-0.25, -0.2) is 4.39 Å². The number of carbonyl (C=O) groups is 1. The summed E-state index contributed by atoms with van der Waals surface area (Å²) in [5, 5.41) is 10.2. The summed E-state index contributed by atoms with van der Waals surface area (Å²) >= 11 is 0. The van der Waals surface area contributed by atoms with Gasteiger partial charge in [0.1, 0.15) is 6.17 Å². The summed E-state index contributed by atoms with van der Waals surface area (Å²) in [5.74, 6) is 3.21. The summed E-state index contributed by atoms with van der Waals surface area (Å²) < 4.78 is 25.4. The van der Waals surface area contributed by atoms with Crippen molar-refractivity contribution in [3.8, 4) is 0 Å². The highest BCUT2D eigenvalue weighted by molar-refractivity contribution is 5.81. The Labute approximate surface area is 217 Å². The van der Waals surface area contributed by atoms with E-state index in [-0.39, 0.29) is 30.1 Å². The van der Waals surface area contributed by atoms with E-state index >= 15 is 0 Å². The van der Waals surface area contributed by atoms with Gasteiger partial charge in [-0.2, -0.15) is 0 Å². The van der Waals surface area contributed by atoms with E-state index in [9.17, 15) is 9.18 Å². The van der Waals surface area contributed by atoms with Crippen molar-refractivity contribution in [1.29, 1.82) is 0 Å². The fourth-order valence-electron chi connectivity index (χ4n) is 7.54. The van der Waals surface area contributed by atoms with Crippen LogP contribution in [0.25, 0.3) is 0 Å². The third-order valence-electron chi connectivity index (χ3n) is 9.62. The molecule has 4 rings (SSSR count). The molecule has 9 atom stereocenters. The van der Waals surface area contributed by atoms with Crippen LogP contribution in [0.5, 0.6) is 0 Å². The highest BCUT2D eigenvalue weighted by atomic mass is 19.1. The molecule has 0 aromatic carbocycles. The molecule has 0 spiro atoms. The maximum atomic E-state index is 14.1. The molecular formula is C28H49FN4O3. The second-order valence-electron chi connectivity index (χ2n) is 12.1. The topological polar surface area (TPSA) is 84.0 Å². The molecule has 7 nitrogen and oxygen atoms in total. The first kappa shape index (κ1) is 27.6. The van der Waals surface area contributed by atoms with Crippen molar-refractivity contribution in [3.05, 3.63) is 0 Å². The molecule has 206 valence electrons. The molecule has 1 aliphatic heterocycles. The molecular weight excluding hydrogens is 459 g/mol. The number of nitrogens with one attached hydrogen (secondary N) is 3. The number of alkyl halides is 1. The average molecular weight is 509 g/mol. The molecule has 0 bridgehead atoms. The molecule has 3 saturated carbocycles. The van der Waals surface area contributed by atoms with Crippen LogP contribution in [0.3, 0.4) is 0 Å². The minimum Gasteiger partial charge on any atom is -0.381 e. The van der Waals surface area contributed by atoms with E-state index in [0.717, 1.165) is 70.5 Å². The molecule has 4 aliphatic rings. The van der Waals surface area contributed by atoms with Gasteiger partial charge >= 0.3 is 0 Å². The predicted molar refractivity (Wildman–Crippen MR) is 141 cm³/mol. The zero-order valence-corrected chi connectivity index (χ0v) is 22.8. The lowest BCUT2D eigenvalue weighted by molar-refractivity contribution is -0.129. The SMILES string of the molecule is COC1CC(OC)CC(C(C)NC(=O)C2CC(CNC3=NCCN3)CC(C3CCC(F)CC3C)C2)C1. The highest BCUT2D eigenvalue weighted by Crippen LogP contribution is 2.45. The van der Waals surface area contributed by atoms with Crippen LogP contribution >= 0.6 is 0 Å². The first-order chi connectivity index (χ1) is 17.4. The molecule has 36 heavy (non-hydrogen) atoms. The molecule has 1 heterocycles. The minimum atomic E-state index is -0.661. The third kappa shape index (κ3) is 7.12. The Morgan fingerprint density at radius 2 is 1.83 bits per heavy atom. The standard InChI is InChI=1S/C28H49FN4O3/c1-17-9-23(29)5-6-26(17)21-10-19(16-32-28-30-7-8-31-28)11-22(12-21)27(34)33-18(2)20-13-24(35-3)15-25(14-20)36-4/h17-26H,5-16H2,1-4H3,(H,33,34)(H2,30,31,32). The molecule has 0 aromatic rings. The van der Waals surface area contributed by atoms with Gasteiger partial charge in [-0.05, 0) is 94.3 Å². The number of rotatable bonds is 8. The van der Waals surface area contributed by atoms with Crippen molar-refractivity contribution in [1.82, 2.24) is 16.0 Å². The molecule has 3 aliphatic carbocycles. The van der Waals surface area contributed by atoms with Crippen LogP contribution in [-0.4, -0.2) is 70.1 Å². The van der Waals surface area contributed by atoms with Gasteiger partial charge in [-0.3, -0.25) is 9.79 Å². The number of halogens is 1. The summed E-state index contributed by atoms with van der Waals surface area (Å²) in [5.41, 5.74) is 0. The van der Waals surface area contributed by atoms with Gasteiger partial charge in [0.2, 0.25) is 5.91 Å². The molecule has 0 aromatic heterocycles. The molecule has 3 fully saturated rings. The fourth-order valence-corrected chi connectivity index (χ4v) is 7.54. The maximum absolute atomic E-state index is 14.1. The Morgan fingerprint density at radius 3 is 2.47 bits per heavy atom. The Morgan fingerprint density at radius 1 is 1.08 bits per heavy atom. The number of methoxy groups -OCH3 is 2. The van der Waals surface area contributed by atoms with Crippen LogP contribution in [0.2, 0.25) is 0 Å². The first-order valence-corrected chi connectivity index (χ1v) is 14.4. The molecule has 3 N–H and O–H groups in total. The van der Waals surface area contributed by atoms with Crippen molar-refractivity contribution in [3.63, 3.8) is 0 Å². The molecule has 8 heteroatoms. The summed E-state index contributed by atoms with van der Waals surface area (Å²) in [6.07, 6.45) is 7.75. The van der Waals surface area contributed by atoms with E-state index in [1.165, 1.54) is 0 Å². The number of guanidine groups is 1. The van der Waals surface area contributed by atoms with Gasteiger partial charge < -0.3 is 25.4 Å². The third-order valence-corrected chi connectivity index (χ3v) is 9.62. The lowest BCUT2D eigenvalue weighted by atomic mass is 9.63. The fraction of sp³-hybridized carbons (Fsp3) is 0.929. The number of hydrogen-bond donors (Lipinski definition) is 3. The van der Waals surface area contributed by atoms with Crippen LogP contribution < -0.4 is 16.0 Å². The van der Waals surface area contributed by atoms with E-state index in [2.05, 4.69) is 34.8 Å². The largest absolute Gasteiger partial charge is 0.381 e. The van der Waals surface area contributed by atoms with Crippen LogP contribution in [-0.2, 0) is 14.3 Å². The Hall–Kier alpha value is -1.41. The van der Waals surface area contributed by atoms with Gasteiger partial charge in [0, 0.05) is 39.3 Å². The number of hydrogen-bond acceptors (Lipinski definition) is 6. The van der Waals surface area contributed by atoms with Crippen molar-refractivity contribution in [2.75, 3.05) is 33.9 Å². The normalized spacial score (nSPS) is 40.1. The Bertz CT molecular complexity index is 740. The van der Waals surface area contributed by atoms with Gasteiger partial charge in [0.25, 0.3) is 0 Å². The van der Waals surface area contributed by atoms with E-state index in [1.807, 2.05) is 0 Å². The zero-order valence-electron chi connectivity index (χ0n) is 22.8. The summed E-state index contributed by atoms with van der Waals surface area (Å²) in [7, 11) is 3.53. The minimum absolute atomic E-state index is 0.00631. The monoisotopic (exact) mass is 508 g/mol. The zero-order chi connectivity index (χ0) is 25.7. The quantitative estimate of drug-likeness (QED) is 0.466. The number of amides is 1. The lowest BCUT2D eigenvalue weighted by Crippen LogP contribution is -2.48. The molecule has 0 saturated heterocycles. The number of carbonyl (C=O) groups excluding carboxylic acids is 1. The summed E-state index contributed by atoms with van der Waals surface area (Å²) in [6.45, 7) is 6.90. The van der Waals surface area contributed by atoms with Gasteiger partial charge in [0.05, 0.1) is 18.8 Å². The maximum Gasteiger partial charge on any atom is 0.223 e.